The Balaban J connectivity index is 2.47. The second-order valence-corrected chi connectivity index (χ2v) is 3.07. The van der Waals surface area contributed by atoms with Gasteiger partial charge in [0.1, 0.15) is 6.04 Å². The van der Waals surface area contributed by atoms with E-state index >= 15 is 0 Å². The molecule has 1 rings (SSSR count). The van der Waals surface area contributed by atoms with Crippen molar-refractivity contribution in [1.29, 1.82) is 0 Å². The van der Waals surface area contributed by atoms with Crippen LogP contribution in [0.1, 0.15) is 19.8 Å². The normalized spacial score (nSPS) is 31.5. The summed E-state index contributed by atoms with van der Waals surface area (Å²) < 4.78 is 4.66. The molecule has 1 heterocycles. The summed E-state index contributed by atoms with van der Waals surface area (Å²) in [4.78, 5) is 11.1. The van der Waals surface area contributed by atoms with Crippen LogP contribution in [0.2, 0.25) is 0 Å². The fourth-order valence-electron chi connectivity index (χ4n) is 1.49. The average Bonchev–Trinajstić information content (AvgIpc) is 2.04. The first-order valence-electron chi connectivity index (χ1n) is 4.07. The van der Waals surface area contributed by atoms with Crippen LogP contribution in [0.4, 0.5) is 0 Å². The minimum Gasteiger partial charge on any atom is -0.468 e. The summed E-state index contributed by atoms with van der Waals surface area (Å²) in [6, 6.07) is -0.0752. The predicted octanol–water partition coefficient (Wildman–Crippen LogP) is 0.547. The van der Waals surface area contributed by atoms with Crippen molar-refractivity contribution in [2.24, 2.45) is 5.92 Å². The zero-order valence-corrected chi connectivity index (χ0v) is 7.09. The summed E-state index contributed by atoms with van der Waals surface area (Å²) in [5, 5.41) is 3.14. The molecule has 0 bridgehead atoms. The van der Waals surface area contributed by atoms with E-state index in [1.807, 2.05) is 0 Å². The second-order valence-electron chi connectivity index (χ2n) is 3.07. The van der Waals surface area contributed by atoms with E-state index in [9.17, 15) is 4.79 Å². The number of piperidine rings is 1. The number of ether oxygens (including phenoxy) is 1. The Kier molecular flexibility index (Phi) is 2.88. The molecular formula is C8H15NO2. The SMILES string of the molecule is COC(=O)[C@H]1NCCC[C@@H]1C. The third kappa shape index (κ3) is 1.93. The highest BCUT2D eigenvalue weighted by atomic mass is 16.5. The molecule has 1 aliphatic rings. The molecule has 0 aromatic heterocycles. The number of carbonyl (C=O) groups excluding carboxylic acids is 1. The van der Waals surface area contributed by atoms with E-state index in [1.165, 1.54) is 7.11 Å². The number of methoxy groups -OCH3 is 1. The average molecular weight is 157 g/mol. The number of carbonyl (C=O) groups is 1. The maximum absolute atomic E-state index is 11.1. The molecule has 0 saturated carbocycles. The Morgan fingerprint density at radius 2 is 2.36 bits per heavy atom. The molecule has 0 aromatic rings. The standard InChI is InChI=1S/C8H15NO2/c1-6-4-3-5-9-7(6)8(10)11-2/h6-7,9H,3-5H2,1-2H3/t6-,7-/m0/s1. The molecule has 0 aromatic carbocycles. The molecule has 1 aliphatic heterocycles. The first-order chi connectivity index (χ1) is 5.25. The summed E-state index contributed by atoms with van der Waals surface area (Å²) in [5.41, 5.74) is 0. The van der Waals surface area contributed by atoms with Crippen molar-refractivity contribution in [1.82, 2.24) is 5.32 Å². The molecule has 64 valence electrons. The van der Waals surface area contributed by atoms with Crippen molar-refractivity contribution in [3.63, 3.8) is 0 Å². The molecule has 0 unspecified atom stereocenters. The van der Waals surface area contributed by atoms with Gasteiger partial charge < -0.3 is 10.1 Å². The Morgan fingerprint density at radius 1 is 1.64 bits per heavy atom. The molecule has 1 N–H and O–H groups in total. The molecule has 1 saturated heterocycles. The van der Waals surface area contributed by atoms with Crippen LogP contribution in [-0.2, 0) is 9.53 Å². The number of esters is 1. The zero-order valence-electron chi connectivity index (χ0n) is 7.09. The van der Waals surface area contributed by atoms with Gasteiger partial charge in [-0.3, -0.25) is 4.79 Å². The summed E-state index contributed by atoms with van der Waals surface area (Å²) in [6.45, 7) is 3.01. The van der Waals surface area contributed by atoms with Crippen LogP contribution in [-0.4, -0.2) is 25.7 Å². The maximum atomic E-state index is 11.1. The fraction of sp³-hybridized carbons (Fsp3) is 0.875. The number of nitrogens with one attached hydrogen (secondary N) is 1. The Hall–Kier alpha value is -0.570. The fourth-order valence-corrected chi connectivity index (χ4v) is 1.49. The third-order valence-corrected chi connectivity index (χ3v) is 2.22. The quantitative estimate of drug-likeness (QED) is 0.565. The van der Waals surface area contributed by atoms with Gasteiger partial charge in [-0.05, 0) is 25.3 Å². The lowest BCUT2D eigenvalue weighted by atomic mass is 9.93. The highest BCUT2D eigenvalue weighted by Gasteiger charge is 2.27. The van der Waals surface area contributed by atoms with Crippen LogP contribution < -0.4 is 5.32 Å². The largest absolute Gasteiger partial charge is 0.468 e. The van der Waals surface area contributed by atoms with E-state index in [0.717, 1.165) is 19.4 Å². The lowest BCUT2D eigenvalue weighted by Gasteiger charge is -2.27. The van der Waals surface area contributed by atoms with Crippen LogP contribution in [0.25, 0.3) is 0 Å². The van der Waals surface area contributed by atoms with Crippen LogP contribution >= 0.6 is 0 Å². The summed E-state index contributed by atoms with van der Waals surface area (Å²) >= 11 is 0. The van der Waals surface area contributed by atoms with Crippen molar-refractivity contribution in [2.75, 3.05) is 13.7 Å². The number of rotatable bonds is 1. The molecular weight excluding hydrogens is 142 g/mol. The zero-order chi connectivity index (χ0) is 8.27. The predicted molar refractivity (Wildman–Crippen MR) is 42.2 cm³/mol. The molecule has 1 fully saturated rings. The molecule has 0 amide bonds. The van der Waals surface area contributed by atoms with Gasteiger partial charge in [0.05, 0.1) is 7.11 Å². The van der Waals surface area contributed by atoms with Crippen LogP contribution in [0, 0.1) is 5.92 Å². The first-order valence-corrected chi connectivity index (χ1v) is 4.07. The van der Waals surface area contributed by atoms with E-state index in [-0.39, 0.29) is 12.0 Å². The molecule has 0 spiro atoms. The van der Waals surface area contributed by atoms with Gasteiger partial charge in [0.15, 0.2) is 0 Å². The highest BCUT2D eigenvalue weighted by Crippen LogP contribution is 2.15. The second kappa shape index (κ2) is 3.72. The Labute approximate surface area is 67.1 Å². The van der Waals surface area contributed by atoms with Gasteiger partial charge in [-0.2, -0.15) is 0 Å². The molecule has 0 aliphatic carbocycles. The lowest BCUT2D eigenvalue weighted by Crippen LogP contribution is -2.46. The summed E-state index contributed by atoms with van der Waals surface area (Å²) in [7, 11) is 1.44. The van der Waals surface area contributed by atoms with Gasteiger partial charge in [-0.1, -0.05) is 6.92 Å². The first kappa shape index (κ1) is 8.53. The van der Waals surface area contributed by atoms with Crippen LogP contribution in [0.15, 0.2) is 0 Å². The van der Waals surface area contributed by atoms with E-state index in [4.69, 9.17) is 0 Å². The minimum atomic E-state index is -0.128. The van der Waals surface area contributed by atoms with E-state index < -0.39 is 0 Å². The van der Waals surface area contributed by atoms with Crippen molar-refractivity contribution < 1.29 is 9.53 Å². The Bertz CT molecular complexity index is 147. The summed E-state index contributed by atoms with van der Waals surface area (Å²) in [5.74, 6) is 0.286. The minimum absolute atomic E-state index is 0.0752. The third-order valence-electron chi connectivity index (χ3n) is 2.22. The van der Waals surface area contributed by atoms with Gasteiger partial charge in [0, 0.05) is 0 Å². The van der Waals surface area contributed by atoms with Crippen molar-refractivity contribution in [3.05, 3.63) is 0 Å². The lowest BCUT2D eigenvalue weighted by molar-refractivity contribution is -0.145. The van der Waals surface area contributed by atoms with Gasteiger partial charge in [-0.25, -0.2) is 0 Å². The van der Waals surface area contributed by atoms with Crippen molar-refractivity contribution in [3.8, 4) is 0 Å². The number of hydrogen-bond acceptors (Lipinski definition) is 3. The van der Waals surface area contributed by atoms with Crippen molar-refractivity contribution >= 4 is 5.97 Å². The molecule has 3 nitrogen and oxygen atoms in total. The van der Waals surface area contributed by atoms with Gasteiger partial charge in [0.2, 0.25) is 0 Å². The topological polar surface area (TPSA) is 38.3 Å². The molecule has 2 atom stereocenters. The van der Waals surface area contributed by atoms with Crippen molar-refractivity contribution in [2.45, 2.75) is 25.8 Å². The van der Waals surface area contributed by atoms with E-state index in [0.29, 0.717) is 5.92 Å². The molecule has 3 heteroatoms. The van der Waals surface area contributed by atoms with Crippen LogP contribution in [0.5, 0.6) is 0 Å². The van der Waals surface area contributed by atoms with Crippen LogP contribution in [0.3, 0.4) is 0 Å². The molecule has 0 radical (unpaired) electrons. The number of hydrogen-bond donors (Lipinski definition) is 1. The van der Waals surface area contributed by atoms with E-state index in [2.05, 4.69) is 17.0 Å². The summed E-state index contributed by atoms with van der Waals surface area (Å²) in [6.07, 6.45) is 2.28. The molecule has 11 heavy (non-hydrogen) atoms. The Morgan fingerprint density at radius 3 is 2.91 bits per heavy atom. The van der Waals surface area contributed by atoms with Gasteiger partial charge in [-0.15, -0.1) is 0 Å². The highest BCUT2D eigenvalue weighted by molar-refractivity contribution is 5.76. The van der Waals surface area contributed by atoms with Gasteiger partial charge in [0.25, 0.3) is 0 Å². The van der Waals surface area contributed by atoms with E-state index in [1.54, 1.807) is 0 Å². The monoisotopic (exact) mass is 157 g/mol. The maximum Gasteiger partial charge on any atom is 0.323 e. The smallest absolute Gasteiger partial charge is 0.323 e. The van der Waals surface area contributed by atoms with Gasteiger partial charge >= 0.3 is 5.97 Å².